The minimum atomic E-state index is 0.0125. The molecule has 1 aliphatic heterocycles. The largest absolute Gasteiger partial charge is 0.397 e. The lowest BCUT2D eigenvalue weighted by Crippen LogP contribution is -2.47. The summed E-state index contributed by atoms with van der Waals surface area (Å²) in [4.78, 5) is 14.4. The van der Waals surface area contributed by atoms with Crippen molar-refractivity contribution in [2.75, 3.05) is 17.6 Å². The van der Waals surface area contributed by atoms with Crippen LogP contribution in [-0.2, 0) is 4.79 Å². The van der Waals surface area contributed by atoms with Gasteiger partial charge >= 0.3 is 0 Å². The van der Waals surface area contributed by atoms with Gasteiger partial charge in [0.25, 0.3) is 0 Å². The molecular formula is C15H23N3O. The molecule has 0 bridgehead atoms. The highest BCUT2D eigenvalue weighted by molar-refractivity contribution is 5.95. The number of hydrogen-bond acceptors (Lipinski definition) is 3. The summed E-state index contributed by atoms with van der Waals surface area (Å²) >= 11 is 0. The maximum absolute atomic E-state index is 12.1. The molecule has 1 aliphatic rings. The van der Waals surface area contributed by atoms with E-state index < -0.39 is 0 Å². The number of hydrogen-bond donors (Lipinski definition) is 2. The third kappa shape index (κ3) is 3.47. The molecule has 0 saturated carbocycles. The molecule has 1 aromatic carbocycles. The second-order valence-corrected chi connectivity index (χ2v) is 5.44. The first-order chi connectivity index (χ1) is 9.08. The fourth-order valence-corrected chi connectivity index (χ4v) is 2.75. The molecule has 0 spiro atoms. The highest BCUT2D eigenvalue weighted by Crippen LogP contribution is 2.22. The minimum absolute atomic E-state index is 0.0125. The maximum Gasteiger partial charge on any atom is 0.238 e. The van der Waals surface area contributed by atoms with E-state index in [4.69, 9.17) is 5.73 Å². The Kier molecular flexibility index (Phi) is 4.43. The first-order valence-electron chi connectivity index (χ1n) is 6.98. The number of nitrogens with zero attached hydrogens (tertiary/aromatic N) is 1. The third-order valence-corrected chi connectivity index (χ3v) is 3.94. The Balaban J connectivity index is 1.96. The number of benzene rings is 1. The van der Waals surface area contributed by atoms with Crippen LogP contribution in [0.2, 0.25) is 0 Å². The second kappa shape index (κ2) is 6.06. The zero-order chi connectivity index (χ0) is 13.8. The summed E-state index contributed by atoms with van der Waals surface area (Å²) in [7, 11) is 0. The summed E-state index contributed by atoms with van der Waals surface area (Å²) in [5, 5.41) is 2.89. The highest BCUT2D eigenvalue weighted by atomic mass is 16.2. The van der Waals surface area contributed by atoms with E-state index in [-0.39, 0.29) is 5.91 Å². The molecule has 4 heteroatoms. The zero-order valence-corrected chi connectivity index (χ0v) is 11.7. The number of likely N-dealkylation sites (tertiary alicyclic amines) is 1. The van der Waals surface area contributed by atoms with Gasteiger partial charge in [0.2, 0.25) is 5.91 Å². The van der Waals surface area contributed by atoms with Crippen molar-refractivity contribution in [3.63, 3.8) is 0 Å². The van der Waals surface area contributed by atoms with Gasteiger partial charge < -0.3 is 11.1 Å². The molecule has 2 unspecified atom stereocenters. The molecule has 0 aliphatic carbocycles. The third-order valence-electron chi connectivity index (χ3n) is 3.94. The van der Waals surface area contributed by atoms with Crippen LogP contribution in [0, 0.1) is 0 Å². The van der Waals surface area contributed by atoms with Crippen LogP contribution in [0.25, 0.3) is 0 Å². The minimum Gasteiger partial charge on any atom is -0.397 e. The number of carbonyl (C=O) groups is 1. The van der Waals surface area contributed by atoms with E-state index in [9.17, 15) is 4.79 Å². The van der Waals surface area contributed by atoms with Crippen LogP contribution >= 0.6 is 0 Å². The number of rotatable bonds is 3. The summed E-state index contributed by atoms with van der Waals surface area (Å²) in [6, 6.07) is 8.31. The summed E-state index contributed by atoms with van der Waals surface area (Å²) in [5.41, 5.74) is 7.13. The fraction of sp³-hybridized carbons (Fsp3) is 0.533. The van der Waals surface area contributed by atoms with E-state index in [1.165, 1.54) is 19.3 Å². The van der Waals surface area contributed by atoms with Crippen LogP contribution in [0.1, 0.15) is 33.1 Å². The van der Waals surface area contributed by atoms with E-state index >= 15 is 0 Å². The molecule has 4 nitrogen and oxygen atoms in total. The van der Waals surface area contributed by atoms with Crippen LogP contribution < -0.4 is 11.1 Å². The number of nitrogens with one attached hydrogen (secondary N) is 1. The van der Waals surface area contributed by atoms with Gasteiger partial charge in [-0.25, -0.2) is 0 Å². The van der Waals surface area contributed by atoms with Gasteiger partial charge in [0, 0.05) is 12.1 Å². The normalized spacial score (nSPS) is 24.1. The van der Waals surface area contributed by atoms with Crippen molar-refractivity contribution in [3.8, 4) is 0 Å². The van der Waals surface area contributed by atoms with Crippen LogP contribution in [0.5, 0.6) is 0 Å². The van der Waals surface area contributed by atoms with Crippen LogP contribution in [0.15, 0.2) is 24.3 Å². The molecule has 19 heavy (non-hydrogen) atoms. The summed E-state index contributed by atoms with van der Waals surface area (Å²) in [5.74, 6) is 0.0125. The molecule has 1 heterocycles. The van der Waals surface area contributed by atoms with Gasteiger partial charge in [-0.15, -0.1) is 0 Å². The summed E-state index contributed by atoms with van der Waals surface area (Å²) < 4.78 is 0. The van der Waals surface area contributed by atoms with Crippen molar-refractivity contribution in [3.05, 3.63) is 24.3 Å². The van der Waals surface area contributed by atoms with Gasteiger partial charge in [0.1, 0.15) is 0 Å². The first-order valence-corrected chi connectivity index (χ1v) is 6.98. The quantitative estimate of drug-likeness (QED) is 0.822. The molecule has 1 aromatic rings. The first kappa shape index (κ1) is 13.9. The molecule has 1 amide bonds. The topological polar surface area (TPSA) is 58.4 Å². The van der Waals surface area contributed by atoms with Gasteiger partial charge in [0.05, 0.1) is 17.9 Å². The molecule has 0 aromatic heterocycles. The van der Waals surface area contributed by atoms with Crippen molar-refractivity contribution >= 4 is 17.3 Å². The van der Waals surface area contributed by atoms with E-state index in [1.54, 1.807) is 6.07 Å². The number of para-hydroxylation sites is 2. The van der Waals surface area contributed by atoms with E-state index in [0.717, 1.165) is 0 Å². The predicted octanol–water partition coefficient (Wildman–Crippen LogP) is 2.47. The predicted molar refractivity (Wildman–Crippen MR) is 79.0 cm³/mol. The molecule has 104 valence electrons. The summed E-state index contributed by atoms with van der Waals surface area (Å²) in [6.45, 7) is 4.83. The van der Waals surface area contributed by atoms with Crippen molar-refractivity contribution in [1.29, 1.82) is 0 Å². The van der Waals surface area contributed by atoms with E-state index in [1.807, 2.05) is 18.2 Å². The lowest BCUT2D eigenvalue weighted by Gasteiger charge is -2.38. The SMILES string of the molecule is CC1CCCC(C)N1CC(=O)Nc1ccccc1N. The fourth-order valence-electron chi connectivity index (χ4n) is 2.75. The lowest BCUT2D eigenvalue weighted by molar-refractivity contribution is -0.118. The molecule has 2 atom stereocenters. The van der Waals surface area contributed by atoms with Gasteiger partial charge in [-0.1, -0.05) is 18.6 Å². The second-order valence-electron chi connectivity index (χ2n) is 5.44. The number of amides is 1. The Labute approximate surface area is 115 Å². The number of nitrogen functional groups attached to an aromatic ring is 1. The van der Waals surface area contributed by atoms with Gasteiger partial charge in [-0.2, -0.15) is 0 Å². The monoisotopic (exact) mass is 261 g/mol. The average molecular weight is 261 g/mol. The van der Waals surface area contributed by atoms with Crippen molar-refractivity contribution in [2.45, 2.75) is 45.2 Å². The van der Waals surface area contributed by atoms with E-state index in [0.29, 0.717) is 30.0 Å². The number of anilines is 2. The molecule has 1 saturated heterocycles. The number of carbonyl (C=O) groups excluding carboxylic acids is 1. The number of nitrogens with two attached hydrogens (primary N) is 1. The number of piperidine rings is 1. The van der Waals surface area contributed by atoms with Crippen molar-refractivity contribution in [2.24, 2.45) is 0 Å². The van der Waals surface area contributed by atoms with E-state index in [2.05, 4.69) is 24.1 Å². The van der Waals surface area contributed by atoms with Gasteiger partial charge in [-0.05, 0) is 38.8 Å². The molecular weight excluding hydrogens is 238 g/mol. The Hall–Kier alpha value is -1.55. The van der Waals surface area contributed by atoms with Gasteiger partial charge in [0.15, 0.2) is 0 Å². The summed E-state index contributed by atoms with van der Waals surface area (Å²) in [6.07, 6.45) is 3.60. The zero-order valence-electron chi connectivity index (χ0n) is 11.7. The average Bonchev–Trinajstić information content (AvgIpc) is 2.37. The Morgan fingerprint density at radius 3 is 2.58 bits per heavy atom. The van der Waals surface area contributed by atoms with Crippen molar-refractivity contribution < 1.29 is 4.79 Å². The Bertz CT molecular complexity index is 437. The van der Waals surface area contributed by atoms with Crippen molar-refractivity contribution in [1.82, 2.24) is 4.90 Å². The van der Waals surface area contributed by atoms with Gasteiger partial charge in [-0.3, -0.25) is 9.69 Å². The standard InChI is InChI=1S/C15H23N3O/c1-11-6-5-7-12(2)18(11)10-15(19)17-14-9-4-3-8-13(14)16/h3-4,8-9,11-12H,5-7,10,16H2,1-2H3,(H,17,19). The molecule has 3 N–H and O–H groups in total. The Morgan fingerprint density at radius 1 is 1.32 bits per heavy atom. The lowest BCUT2D eigenvalue weighted by atomic mass is 9.97. The van der Waals surface area contributed by atoms with Crippen LogP contribution in [-0.4, -0.2) is 29.4 Å². The van der Waals surface area contributed by atoms with Crippen LogP contribution in [0.3, 0.4) is 0 Å². The molecule has 1 fully saturated rings. The van der Waals surface area contributed by atoms with Crippen LogP contribution in [0.4, 0.5) is 11.4 Å². The highest BCUT2D eigenvalue weighted by Gasteiger charge is 2.26. The molecule has 2 rings (SSSR count). The Morgan fingerprint density at radius 2 is 1.95 bits per heavy atom. The molecule has 0 radical (unpaired) electrons. The smallest absolute Gasteiger partial charge is 0.238 e. The maximum atomic E-state index is 12.1.